The van der Waals surface area contributed by atoms with Gasteiger partial charge in [0.25, 0.3) is 0 Å². The molecule has 0 spiro atoms. The lowest BCUT2D eigenvalue weighted by Gasteiger charge is -2.04. The molecule has 6 heteroatoms. The second-order valence-electron chi connectivity index (χ2n) is 7.25. The van der Waals surface area contributed by atoms with Gasteiger partial charge in [-0.05, 0) is 48.5 Å². The minimum atomic E-state index is 0.842. The van der Waals surface area contributed by atoms with Crippen molar-refractivity contribution in [2.45, 2.75) is 0 Å². The summed E-state index contributed by atoms with van der Waals surface area (Å²) in [6, 6.07) is 37.4. The van der Waals surface area contributed by atoms with E-state index in [1.54, 1.807) is 22.7 Å². The average Bonchev–Trinajstić information content (AvgIpc) is 3.41. The van der Waals surface area contributed by atoms with Crippen LogP contribution >= 0.6 is 22.7 Å². The molecular formula is C26H18N4S2. The molecule has 0 atom stereocenters. The molecule has 0 aliphatic heterocycles. The SMILES string of the molecule is c1ccc(-n2c(=NN=c3sc4ccccc4n3-c3ccccc3)sc3ccccc32)cc1. The molecule has 6 aromatic rings. The maximum atomic E-state index is 4.77. The monoisotopic (exact) mass is 450 g/mol. The molecule has 0 amide bonds. The number of nitrogens with zero attached hydrogens (tertiary/aromatic N) is 4. The topological polar surface area (TPSA) is 34.6 Å². The largest absolute Gasteiger partial charge is 0.284 e. The Bertz CT molecular complexity index is 1540. The summed E-state index contributed by atoms with van der Waals surface area (Å²) in [6.45, 7) is 0. The molecule has 0 saturated carbocycles. The van der Waals surface area contributed by atoms with Crippen molar-refractivity contribution >= 4 is 43.1 Å². The first-order valence-electron chi connectivity index (χ1n) is 10.3. The number of rotatable bonds is 3. The second kappa shape index (κ2) is 8.07. The van der Waals surface area contributed by atoms with E-state index in [9.17, 15) is 0 Å². The van der Waals surface area contributed by atoms with Gasteiger partial charge in [-0.1, -0.05) is 83.3 Å². The van der Waals surface area contributed by atoms with Crippen molar-refractivity contribution < 1.29 is 0 Å². The van der Waals surface area contributed by atoms with E-state index in [4.69, 9.17) is 10.2 Å². The molecule has 32 heavy (non-hydrogen) atoms. The third-order valence-corrected chi connectivity index (χ3v) is 7.27. The maximum Gasteiger partial charge on any atom is 0.216 e. The number of aromatic nitrogens is 2. The fourth-order valence-electron chi connectivity index (χ4n) is 3.82. The van der Waals surface area contributed by atoms with E-state index >= 15 is 0 Å². The highest BCUT2D eigenvalue weighted by Crippen LogP contribution is 2.22. The Morgan fingerprint density at radius 1 is 0.438 bits per heavy atom. The van der Waals surface area contributed by atoms with Gasteiger partial charge in [0.05, 0.1) is 20.4 Å². The van der Waals surface area contributed by atoms with Gasteiger partial charge < -0.3 is 0 Å². The van der Waals surface area contributed by atoms with Crippen LogP contribution < -0.4 is 9.60 Å². The Morgan fingerprint density at radius 3 is 1.25 bits per heavy atom. The highest BCUT2D eigenvalue weighted by atomic mass is 32.1. The molecule has 0 aliphatic carbocycles. The van der Waals surface area contributed by atoms with Crippen LogP contribution in [-0.4, -0.2) is 9.13 Å². The first-order valence-corrected chi connectivity index (χ1v) is 11.9. The lowest BCUT2D eigenvalue weighted by Crippen LogP contribution is -2.15. The summed E-state index contributed by atoms with van der Waals surface area (Å²) < 4.78 is 6.70. The summed E-state index contributed by atoms with van der Waals surface area (Å²) in [7, 11) is 0. The van der Waals surface area contributed by atoms with Gasteiger partial charge in [0.15, 0.2) is 0 Å². The fraction of sp³-hybridized carbons (Fsp3) is 0. The van der Waals surface area contributed by atoms with Crippen LogP contribution in [0, 0.1) is 0 Å². The zero-order valence-electron chi connectivity index (χ0n) is 17.0. The number of hydrogen-bond acceptors (Lipinski definition) is 4. The van der Waals surface area contributed by atoms with Crippen molar-refractivity contribution in [1.29, 1.82) is 0 Å². The van der Waals surface area contributed by atoms with E-state index in [0.717, 1.165) is 32.0 Å². The molecule has 0 bridgehead atoms. The molecule has 154 valence electrons. The van der Waals surface area contributed by atoms with Gasteiger partial charge in [0, 0.05) is 11.4 Å². The van der Waals surface area contributed by atoms with Gasteiger partial charge in [0.1, 0.15) is 0 Å². The quantitative estimate of drug-likeness (QED) is 0.292. The zero-order valence-corrected chi connectivity index (χ0v) is 18.6. The van der Waals surface area contributed by atoms with Crippen LogP contribution in [0.4, 0.5) is 0 Å². The number of thiazole rings is 2. The van der Waals surface area contributed by atoms with Gasteiger partial charge in [-0.15, -0.1) is 10.2 Å². The van der Waals surface area contributed by atoms with E-state index in [1.807, 2.05) is 36.4 Å². The number of para-hydroxylation sites is 4. The van der Waals surface area contributed by atoms with Crippen LogP contribution in [0.5, 0.6) is 0 Å². The van der Waals surface area contributed by atoms with Crippen LogP contribution in [0.1, 0.15) is 0 Å². The van der Waals surface area contributed by atoms with Crippen molar-refractivity contribution in [1.82, 2.24) is 9.13 Å². The molecule has 6 rings (SSSR count). The normalized spacial score (nSPS) is 12.8. The number of benzene rings is 4. The smallest absolute Gasteiger partial charge is 0.216 e. The molecule has 0 N–H and O–H groups in total. The van der Waals surface area contributed by atoms with Gasteiger partial charge in [-0.2, -0.15) is 0 Å². The van der Waals surface area contributed by atoms with E-state index < -0.39 is 0 Å². The van der Waals surface area contributed by atoms with Crippen molar-refractivity contribution in [3.63, 3.8) is 0 Å². The highest BCUT2D eigenvalue weighted by molar-refractivity contribution is 7.16. The molecule has 0 saturated heterocycles. The van der Waals surface area contributed by atoms with Crippen molar-refractivity contribution in [2.24, 2.45) is 10.2 Å². The van der Waals surface area contributed by atoms with E-state index in [0.29, 0.717) is 0 Å². The Labute approximate surface area is 192 Å². The molecule has 0 fully saturated rings. The standard InChI is InChI=1S/C26H18N4S2/c1-3-11-19(12-4-1)29-21-15-7-9-17-23(21)31-25(29)27-28-26-30(20-13-5-2-6-14-20)22-16-8-10-18-24(22)32-26/h1-18H. The van der Waals surface area contributed by atoms with E-state index in [-0.39, 0.29) is 0 Å². The van der Waals surface area contributed by atoms with Gasteiger partial charge in [-0.3, -0.25) is 9.13 Å². The Balaban J connectivity index is 1.65. The van der Waals surface area contributed by atoms with Crippen LogP contribution in [0.3, 0.4) is 0 Å². The van der Waals surface area contributed by atoms with Crippen LogP contribution in [0.15, 0.2) is 119 Å². The van der Waals surface area contributed by atoms with Gasteiger partial charge in [-0.25, -0.2) is 0 Å². The number of fused-ring (bicyclic) bond motifs is 2. The average molecular weight is 451 g/mol. The third-order valence-electron chi connectivity index (χ3n) is 5.25. The molecule has 4 aromatic carbocycles. The fourth-order valence-corrected chi connectivity index (χ4v) is 5.79. The highest BCUT2D eigenvalue weighted by Gasteiger charge is 2.09. The van der Waals surface area contributed by atoms with Gasteiger partial charge >= 0.3 is 0 Å². The maximum absolute atomic E-state index is 4.77. The number of hydrogen-bond donors (Lipinski definition) is 0. The van der Waals surface area contributed by atoms with Gasteiger partial charge in [0.2, 0.25) is 9.60 Å². The lowest BCUT2D eigenvalue weighted by atomic mass is 10.3. The molecule has 0 aliphatic rings. The molecular weight excluding hydrogens is 432 g/mol. The zero-order chi connectivity index (χ0) is 21.3. The molecule has 4 nitrogen and oxygen atoms in total. The summed E-state index contributed by atoms with van der Waals surface area (Å²) in [4.78, 5) is 1.68. The Hall–Kier alpha value is -3.74. The minimum Gasteiger partial charge on any atom is -0.284 e. The first-order chi connectivity index (χ1) is 15.9. The first kappa shape index (κ1) is 19.0. The van der Waals surface area contributed by atoms with E-state index in [2.05, 4.69) is 81.9 Å². The summed E-state index contributed by atoms with van der Waals surface area (Å²) >= 11 is 3.29. The summed E-state index contributed by atoms with van der Waals surface area (Å²) in [5.41, 5.74) is 4.41. The van der Waals surface area contributed by atoms with Crippen molar-refractivity contribution in [3.05, 3.63) is 119 Å². The third kappa shape index (κ3) is 3.30. The summed E-state index contributed by atoms with van der Waals surface area (Å²) in [5, 5.41) is 9.54. The Morgan fingerprint density at radius 2 is 0.812 bits per heavy atom. The van der Waals surface area contributed by atoms with Crippen LogP contribution in [-0.2, 0) is 0 Å². The minimum absolute atomic E-state index is 0.842. The molecule has 0 radical (unpaired) electrons. The lowest BCUT2D eigenvalue weighted by molar-refractivity contribution is 0.933. The molecule has 2 aromatic heterocycles. The Kier molecular flexibility index (Phi) is 4.79. The van der Waals surface area contributed by atoms with Crippen LogP contribution in [0.2, 0.25) is 0 Å². The second-order valence-corrected chi connectivity index (χ2v) is 9.26. The molecule has 0 unspecified atom stereocenters. The molecule has 2 heterocycles. The van der Waals surface area contributed by atoms with Crippen molar-refractivity contribution in [3.8, 4) is 11.4 Å². The predicted octanol–water partition coefficient (Wildman–Crippen LogP) is 6.11. The van der Waals surface area contributed by atoms with Crippen LogP contribution in [0.25, 0.3) is 31.8 Å². The predicted molar refractivity (Wildman–Crippen MR) is 133 cm³/mol. The van der Waals surface area contributed by atoms with Crippen molar-refractivity contribution in [2.75, 3.05) is 0 Å². The van der Waals surface area contributed by atoms with E-state index in [1.165, 1.54) is 9.40 Å². The summed E-state index contributed by atoms with van der Waals surface area (Å²) in [6.07, 6.45) is 0. The summed E-state index contributed by atoms with van der Waals surface area (Å²) in [5.74, 6) is 0.